The molecule has 1 unspecified atom stereocenters. The average Bonchev–Trinajstić information content (AvgIpc) is 2.73. The Hall–Kier alpha value is -1.73. The molecule has 2 aromatic rings. The molecule has 28 heavy (non-hydrogen) atoms. The van der Waals surface area contributed by atoms with Gasteiger partial charge in [-0.05, 0) is 48.4 Å². The second-order valence-electron chi connectivity index (χ2n) is 7.73. The molecule has 0 aromatic heterocycles. The molecule has 0 radical (unpaired) electrons. The number of aromatic hydroxyl groups is 1. The van der Waals surface area contributed by atoms with Crippen molar-refractivity contribution in [3.8, 4) is 5.75 Å². The zero-order valence-corrected chi connectivity index (χ0v) is 18.0. The van der Waals surface area contributed by atoms with Crippen LogP contribution in [0.25, 0.3) is 0 Å². The van der Waals surface area contributed by atoms with Crippen LogP contribution >= 0.6 is 11.8 Å². The van der Waals surface area contributed by atoms with Gasteiger partial charge in [-0.25, -0.2) is 12.8 Å². The Kier molecular flexibility index (Phi) is 5.96. The van der Waals surface area contributed by atoms with Gasteiger partial charge in [0, 0.05) is 18.3 Å². The van der Waals surface area contributed by atoms with Gasteiger partial charge in [-0.15, -0.1) is 11.8 Å². The molecule has 0 saturated heterocycles. The molecule has 0 bridgehead atoms. The van der Waals surface area contributed by atoms with Crippen molar-refractivity contribution in [3.05, 3.63) is 42.2 Å². The van der Waals surface area contributed by atoms with Gasteiger partial charge in [-0.3, -0.25) is 0 Å². The Morgan fingerprint density at radius 1 is 1.25 bits per heavy atom. The van der Waals surface area contributed by atoms with Crippen molar-refractivity contribution in [2.45, 2.75) is 42.9 Å². The number of anilines is 2. The van der Waals surface area contributed by atoms with Crippen molar-refractivity contribution in [2.24, 2.45) is 5.41 Å². The minimum absolute atomic E-state index is 0.0166. The normalized spacial score (nSPS) is 21.2. The highest BCUT2D eigenvalue weighted by Crippen LogP contribution is 2.45. The van der Waals surface area contributed by atoms with E-state index in [0.717, 1.165) is 24.9 Å². The molecule has 1 atom stereocenters. The maximum atomic E-state index is 13.5. The van der Waals surface area contributed by atoms with Crippen LogP contribution in [0.5, 0.6) is 5.75 Å². The predicted molar refractivity (Wildman–Crippen MR) is 113 cm³/mol. The Morgan fingerprint density at radius 3 is 2.54 bits per heavy atom. The molecule has 1 aliphatic heterocycles. The van der Waals surface area contributed by atoms with Gasteiger partial charge in [-0.1, -0.05) is 26.7 Å². The molecule has 7 heteroatoms. The molecule has 2 aromatic carbocycles. The number of phenols is 1. The van der Waals surface area contributed by atoms with E-state index < -0.39 is 15.3 Å². The van der Waals surface area contributed by atoms with E-state index in [1.807, 2.05) is 18.1 Å². The minimum Gasteiger partial charge on any atom is -0.507 e. The Bertz CT molecular complexity index is 960. The van der Waals surface area contributed by atoms with Crippen LogP contribution in [0.3, 0.4) is 0 Å². The van der Waals surface area contributed by atoms with Crippen LogP contribution in [0.15, 0.2) is 46.2 Å². The molecule has 0 aliphatic carbocycles. The van der Waals surface area contributed by atoms with Crippen molar-refractivity contribution in [3.63, 3.8) is 0 Å². The van der Waals surface area contributed by atoms with Crippen molar-refractivity contribution >= 4 is 33.0 Å². The topological polar surface area (TPSA) is 57.6 Å². The molecule has 1 N–H and O–H groups in total. The fourth-order valence-electron chi connectivity index (χ4n) is 3.82. The number of hydrogen-bond acceptors (Lipinski definition) is 5. The smallest absolute Gasteiger partial charge is 0.181 e. The molecule has 0 amide bonds. The number of rotatable bonds is 5. The molecule has 1 aliphatic rings. The van der Waals surface area contributed by atoms with Gasteiger partial charge in [0.1, 0.15) is 11.6 Å². The van der Waals surface area contributed by atoms with Crippen LogP contribution in [0.2, 0.25) is 0 Å². The Labute approximate surface area is 170 Å². The zero-order valence-electron chi connectivity index (χ0n) is 16.4. The number of nitrogens with zero attached hydrogens (tertiary/aromatic N) is 1. The molecular weight excluding hydrogens is 397 g/mol. The van der Waals surface area contributed by atoms with Crippen LogP contribution in [-0.4, -0.2) is 32.1 Å². The SMILES string of the molecule is CCCCC1(C)CN(c2ccc(F)cc2)c2cc(SC)c(O)cc2S(=O)(=O)C1. The summed E-state index contributed by atoms with van der Waals surface area (Å²) in [6.07, 6.45) is 4.52. The number of halogens is 1. The van der Waals surface area contributed by atoms with Crippen LogP contribution in [0.4, 0.5) is 15.8 Å². The lowest BCUT2D eigenvalue weighted by Gasteiger charge is -2.34. The first kappa shape index (κ1) is 21.0. The quantitative estimate of drug-likeness (QED) is 0.655. The summed E-state index contributed by atoms with van der Waals surface area (Å²) in [4.78, 5) is 2.69. The first-order valence-electron chi connectivity index (χ1n) is 9.36. The summed E-state index contributed by atoms with van der Waals surface area (Å²) in [6.45, 7) is 4.59. The van der Waals surface area contributed by atoms with E-state index in [1.54, 1.807) is 18.2 Å². The van der Waals surface area contributed by atoms with Gasteiger partial charge in [0.25, 0.3) is 0 Å². The van der Waals surface area contributed by atoms with Crippen LogP contribution in [-0.2, 0) is 9.84 Å². The molecule has 3 rings (SSSR count). The molecule has 0 fully saturated rings. The third kappa shape index (κ3) is 4.15. The lowest BCUT2D eigenvalue weighted by molar-refractivity contribution is 0.338. The number of fused-ring (bicyclic) bond motifs is 1. The zero-order chi connectivity index (χ0) is 20.5. The van der Waals surface area contributed by atoms with Crippen molar-refractivity contribution in [1.82, 2.24) is 0 Å². The van der Waals surface area contributed by atoms with Crippen molar-refractivity contribution in [2.75, 3.05) is 23.5 Å². The van der Waals surface area contributed by atoms with E-state index in [-0.39, 0.29) is 22.2 Å². The van der Waals surface area contributed by atoms with E-state index in [0.29, 0.717) is 17.1 Å². The molecule has 0 spiro atoms. The maximum absolute atomic E-state index is 13.5. The first-order chi connectivity index (χ1) is 13.2. The fraction of sp³-hybridized carbons (Fsp3) is 0.429. The summed E-state index contributed by atoms with van der Waals surface area (Å²) in [5.74, 6) is -0.357. The van der Waals surface area contributed by atoms with Crippen LogP contribution in [0, 0.1) is 11.2 Å². The molecule has 0 saturated carbocycles. The van der Waals surface area contributed by atoms with Gasteiger partial charge in [-0.2, -0.15) is 0 Å². The Morgan fingerprint density at radius 2 is 1.93 bits per heavy atom. The van der Waals surface area contributed by atoms with Gasteiger partial charge in [0.05, 0.1) is 21.2 Å². The summed E-state index contributed by atoms with van der Waals surface area (Å²) >= 11 is 1.36. The average molecular weight is 424 g/mol. The highest BCUT2D eigenvalue weighted by Gasteiger charge is 2.39. The molecule has 1 heterocycles. The van der Waals surface area contributed by atoms with Gasteiger partial charge in [0.15, 0.2) is 9.84 Å². The first-order valence-corrected chi connectivity index (χ1v) is 12.2. The second kappa shape index (κ2) is 7.95. The standard InChI is InChI=1S/C21H26FNO3S2/c1-4-5-10-21(2)13-23(16-8-6-15(22)7-9-16)17-11-19(27-3)18(24)12-20(17)28(25,26)14-21/h6-9,11-12,24H,4-5,10,13-14H2,1-3H3. The molecule has 4 nitrogen and oxygen atoms in total. The van der Waals surface area contributed by atoms with Gasteiger partial charge < -0.3 is 10.0 Å². The third-order valence-electron chi connectivity index (χ3n) is 5.24. The van der Waals surface area contributed by atoms with E-state index in [4.69, 9.17) is 0 Å². The third-order valence-corrected chi connectivity index (χ3v) is 8.08. The molecule has 152 valence electrons. The number of thioether (sulfide) groups is 1. The van der Waals surface area contributed by atoms with E-state index in [2.05, 4.69) is 6.92 Å². The monoisotopic (exact) mass is 423 g/mol. The summed E-state index contributed by atoms with van der Waals surface area (Å²) in [7, 11) is -3.60. The largest absolute Gasteiger partial charge is 0.507 e. The number of unbranched alkanes of at least 4 members (excludes halogenated alkanes) is 1. The van der Waals surface area contributed by atoms with Crippen molar-refractivity contribution in [1.29, 1.82) is 0 Å². The maximum Gasteiger partial charge on any atom is 0.181 e. The van der Waals surface area contributed by atoms with Crippen LogP contribution < -0.4 is 4.90 Å². The fourth-order valence-corrected chi connectivity index (χ4v) is 6.40. The molecular formula is C21H26FNO3S2. The van der Waals surface area contributed by atoms with Crippen LogP contribution in [0.1, 0.15) is 33.1 Å². The second-order valence-corrected chi connectivity index (χ2v) is 10.5. The lowest BCUT2D eigenvalue weighted by atomic mass is 9.86. The van der Waals surface area contributed by atoms with E-state index in [1.165, 1.54) is 30.0 Å². The number of benzene rings is 2. The number of hydrogen-bond donors (Lipinski definition) is 1. The minimum atomic E-state index is -3.60. The van der Waals surface area contributed by atoms with E-state index in [9.17, 15) is 17.9 Å². The summed E-state index contributed by atoms with van der Waals surface area (Å²) < 4.78 is 40.0. The van der Waals surface area contributed by atoms with E-state index >= 15 is 0 Å². The number of phenolic OH excluding ortho intramolecular Hbond substituents is 1. The summed E-state index contributed by atoms with van der Waals surface area (Å²) in [6, 6.07) is 9.19. The Balaban J connectivity index is 2.23. The van der Waals surface area contributed by atoms with Crippen molar-refractivity contribution < 1.29 is 17.9 Å². The predicted octanol–water partition coefficient (Wildman–Crippen LogP) is 5.38. The summed E-state index contributed by atoms with van der Waals surface area (Å²) in [5.41, 5.74) is 0.811. The highest BCUT2D eigenvalue weighted by atomic mass is 32.2. The lowest BCUT2D eigenvalue weighted by Crippen LogP contribution is -2.35. The van der Waals surface area contributed by atoms with Gasteiger partial charge >= 0.3 is 0 Å². The highest BCUT2D eigenvalue weighted by molar-refractivity contribution is 7.98. The summed E-state index contributed by atoms with van der Waals surface area (Å²) in [5, 5.41) is 10.3. The van der Waals surface area contributed by atoms with Gasteiger partial charge in [0.2, 0.25) is 0 Å². The number of sulfone groups is 1.